The van der Waals surface area contributed by atoms with E-state index in [2.05, 4.69) is 24.8 Å². The van der Waals surface area contributed by atoms with Gasteiger partial charge in [-0.3, -0.25) is 0 Å². The summed E-state index contributed by atoms with van der Waals surface area (Å²) in [5.41, 5.74) is 0.971. The van der Waals surface area contributed by atoms with E-state index in [0.717, 1.165) is 17.7 Å². The summed E-state index contributed by atoms with van der Waals surface area (Å²) in [6.45, 7) is 3.19. The van der Waals surface area contributed by atoms with Crippen molar-refractivity contribution in [2.24, 2.45) is 0 Å². The smallest absolute Gasteiger partial charge is 0.118 e. The van der Waals surface area contributed by atoms with E-state index < -0.39 is 0 Å². The van der Waals surface area contributed by atoms with E-state index in [1.165, 1.54) is 0 Å². The van der Waals surface area contributed by atoms with Crippen LogP contribution in [0, 0.1) is 11.8 Å². The highest BCUT2D eigenvalue weighted by atomic mass is 16.5. The predicted octanol–water partition coefficient (Wildman–Crippen LogP) is 3.03. The van der Waals surface area contributed by atoms with Gasteiger partial charge in [-0.25, -0.2) is 0 Å². The summed E-state index contributed by atoms with van der Waals surface area (Å²) in [4.78, 5) is 0. The van der Waals surface area contributed by atoms with Crippen LogP contribution in [-0.2, 0) is 4.74 Å². The van der Waals surface area contributed by atoms with E-state index in [-0.39, 0.29) is 0 Å². The lowest BCUT2D eigenvalue weighted by Gasteiger charge is -1.97. The zero-order valence-electron chi connectivity index (χ0n) is 10.4. The molecule has 0 saturated carbocycles. The number of hydrogen-bond donors (Lipinski definition) is 0. The Morgan fingerprint density at radius 3 is 2.59 bits per heavy atom. The lowest BCUT2D eigenvalue weighted by atomic mass is 10.2. The molecule has 0 spiro atoms. The van der Waals surface area contributed by atoms with E-state index >= 15 is 0 Å². The van der Waals surface area contributed by atoms with Crippen molar-refractivity contribution in [1.29, 1.82) is 0 Å². The van der Waals surface area contributed by atoms with Crippen LogP contribution in [0.1, 0.15) is 18.9 Å². The predicted molar refractivity (Wildman–Crippen MR) is 70.1 cm³/mol. The molecule has 0 aliphatic rings. The van der Waals surface area contributed by atoms with Crippen molar-refractivity contribution >= 4 is 0 Å². The van der Waals surface area contributed by atoms with Crippen LogP contribution in [0.3, 0.4) is 0 Å². The largest absolute Gasteiger partial charge is 0.497 e. The van der Waals surface area contributed by atoms with Crippen LogP contribution >= 0.6 is 0 Å². The molecule has 0 amide bonds. The zero-order valence-corrected chi connectivity index (χ0v) is 10.4. The van der Waals surface area contributed by atoms with Gasteiger partial charge in [0.1, 0.15) is 12.4 Å². The van der Waals surface area contributed by atoms with Gasteiger partial charge in [0.15, 0.2) is 0 Å². The quantitative estimate of drug-likeness (QED) is 0.440. The molecule has 2 nitrogen and oxygen atoms in total. The molecule has 0 aliphatic carbocycles. The fourth-order valence-corrected chi connectivity index (χ4v) is 1.23. The maximum atomic E-state index is 5.32. The minimum Gasteiger partial charge on any atom is -0.497 e. The third kappa shape index (κ3) is 5.79. The first-order chi connectivity index (χ1) is 8.36. The molecule has 90 valence electrons. The summed E-state index contributed by atoms with van der Waals surface area (Å²) in [6, 6.07) is 7.66. The summed E-state index contributed by atoms with van der Waals surface area (Å²) < 4.78 is 10.4. The van der Waals surface area contributed by atoms with Gasteiger partial charge in [0, 0.05) is 5.56 Å². The maximum absolute atomic E-state index is 5.32. The Morgan fingerprint density at radius 2 is 1.94 bits per heavy atom. The third-order valence-corrected chi connectivity index (χ3v) is 2.11. The summed E-state index contributed by atoms with van der Waals surface area (Å²) in [7, 11) is 1.65. The Balaban J connectivity index is 2.30. The van der Waals surface area contributed by atoms with E-state index in [0.29, 0.717) is 13.2 Å². The van der Waals surface area contributed by atoms with Crippen molar-refractivity contribution < 1.29 is 9.47 Å². The molecule has 2 heteroatoms. The fraction of sp³-hybridized carbons (Fsp3) is 0.333. The average Bonchev–Trinajstić information content (AvgIpc) is 2.38. The van der Waals surface area contributed by atoms with Gasteiger partial charge in [-0.05, 0) is 30.7 Å². The maximum Gasteiger partial charge on any atom is 0.118 e. The standard InChI is InChI=1S/C15H18O2/c1-3-4-5-12-17-13-6-7-14-8-10-15(16-2)11-9-14/h4-5,8-11H,3,12-13H2,1-2H3/b5-4+. The first-order valence-electron chi connectivity index (χ1n) is 5.72. The second kappa shape index (κ2) is 8.43. The van der Waals surface area contributed by atoms with Crippen molar-refractivity contribution in [3.8, 4) is 17.6 Å². The van der Waals surface area contributed by atoms with E-state index in [1.807, 2.05) is 30.3 Å². The second-order valence-electron chi connectivity index (χ2n) is 3.43. The molecular formula is C15H18O2. The lowest BCUT2D eigenvalue weighted by Crippen LogP contribution is -1.90. The van der Waals surface area contributed by atoms with Crippen molar-refractivity contribution in [1.82, 2.24) is 0 Å². The lowest BCUT2D eigenvalue weighted by molar-refractivity contribution is 0.199. The monoisotopic (exact) mass is 230 g/mol. The Bertz CT molecular complexity index is 393. The van der Waals surface area contributed by atoms with Crippen molar-refractivity contribution in [2.75, 3.05) is 20.3 Å². The first-order valence-corrected chi connectivity index (χ1v) is 5.72. The third-order valence-electron chi connectivity index (χ3n) is 2.11. The Morgan fingerprint density at radius 1 is 1.18 bits per heavy atom. The molecule has 0 N–H and O–H groups in total. The van der Waals surface area contributed by atoms with Gasteiger partial charge in [-0.15, -0.1) is 0 Å². The minimum atomic E-state index is 0.458. The van der Waals surface area contributed by atoms with Crippen LogP contribution in [0.4, 0.5) is 0 Å². The zero-order chi connectivity index (χ0) is 12.3. The van der Waals surface area contributed by atoms with E-state index in [9.17, 15) is 0 Å². The Hall–Kier alpha value is -1.72. The molecular weight excluding hydrogens is 212 g/mol. The van der Waals surface area contributed by atoms with Crippen LogP contribution in [-0.4, -0.2) is 20.3 Å². The summed E-state index contributed by atoms with van der Waals surface area (Å²) in [5.74, 6) is 6.85. The molecule has 0 aliphatic heterocycles. The van der Waals surface area contributed by atoms with Crippen molar-refractivity contribution in [3.63, 3.8) is 0 Å². The van der Waals surface area contributed by atoms with Gasteiger partial charge >= 0.3 is 0 Å². The van der Waals surface area contributed by atoms with Gasteiger partial charge in [0.05, 0.1) is 13.7 Å². The number of ether oxygens (including phenoxy) is 2. The van der Waals surface area contributed by atoms with E-state index in [4.69, 9.17) is 9.47 Å². The van der Waals surface area contributed by atoms with Crippen LogP contribution < -0.4 is 4.74 Å². The number of allylic oxidation sites excluding steroid dienone is 1. The summed E-state index contributed by atoms with van der Waals surface area (Å²) >= 11 is 0. The SMILES string of the molecule is CC/C=C/COCC#Cc1ccc(OC)cc1. The first kappa shape index (κ1) is 13.3. The Kier molecular flexibility index (Phi) is 6.62. The van der Waals surface area contributed by atoms with Crippen LogP contribution in [0.5, 0.6) is 5.75 Å². The van der Waals surface area contributed by atoms with Crippen molar-refractivity contribution in [2.45, 2.75) is 13.3 Å². The summed E-state index contributed by atoms with van der Waals surface area (Å²) in [5, 5.41) is 0. The van der Waals surface area contributed by atoms with Gasteiger partial charge in [0.25, 0.3) is 0 Å². The van der Waals surface area contributed by atoms with Gasteiger partial charge in [-0.2, -0.15) is 0 Å². The van der Waals surface area contributed by atoms with E-state index in [1.54, 1.807) is 7.11 Å². The molecule has 1 aromatic carbocycles. The molecule has 0 unspecified atom stereocenters. The Labute approximate surface area is 103 Å². The summed E-state index contributed by atoms with van der Waals surface area (Å²) in [6.07, 6.45) is 5.13. The molecule has 0 fully saturated rings. The molecule has 0 bridgehead atoms. The number of methoxy groups -OCH3 is 1. The molecule has 0 heterocycles. The fourth-order valence-electron chi connectivity index (χ4n) is 1.23. The van der Waals surface area contributed by atoms with Crippen LogP contribution in [0.15, 0.2) is 36.4 Å². The van der Waals surface area contributed by atoms with Gasteiger partial charge in [-0.1, -0.05) is 30.9 Å². The highest BCUT2D eigenvalue weighted by Crippen LogP contribution is 2.09. The highest BCUT2D eigenvalue weighted by molar-refractivity contribution is 5.38. The molecule has 0 aromatic heterocycles. The molecule has 0 saturated heterocycles. The van der Waals surface area contributed by atoms with Gasteiger partial charge in [0.2, 0.25) is 0 Å². The molecule has 0 radical (unpaired) electrons. The second-order valence-corrected chi connectivity index (χ2v) is 3.43. The number of benzene rings is 1. The molecule has 1 rings (SSSR count). The van der Waals surface area contributed by atoms with Crippen LogP contribution in [0.25, 0.3) is 0 Å². The number of hydrogen-bond acceptors (Lipinski definition) is 2. The van der Waals surface area contributed by atoms with Crippen LogP contribution in [0.2, 0.25) is 0 Å². The minimum absolute atomic E-state index is 0.458. The topological polar surface area (TPSA) is 18.5 Å². The molecule has 0 atom stereocenters. The molecule has 1 aromatic rings. The van der Waals surface area contributed by atoms with Gasteiger partial charge < -0.3 is 9.47 Å². The normalized spacial score (nSPS) is 10.0. The molecule has 17 heavy (non-hydrogen) atoms. The van der Waals surface area contributed by atoms with Crippen molar-refractivity contribution in [3.05, 3.63) is 42.0 Å². The number of rotatable bonds is 5. The average molecular weight is 230 g/mol. The highest BCUT2D eigenvalue weighted by Gasteiger charge is 1.89.